The van der Waals surface area contributed by atoms with Gasteiger partial charge in [0, 0.05) is 18.9 Å². The second kappa shape index (κ2) is 6.82. The zero-order valence-corrected chi connectivity index (χ0v) is 11.8. The summed E-state index contributed by atoms with van der Waals surface area (Å²) in [4.78, 5) is 4.06. The topological polar surface area (TPSA) is 24.9 Å². The molecule has 0 saturated heterocycles. The Labute approximate surface area is 125 Å². The maximum atomic E-state index is 4.06. The zero-order chi connectivity index (χ0) is 14.3. The molecule has 1 N–H and O–H groups in total. The lowest BCUT2D eigenvalue weighted by molar-refractivity contribution is 0.605. The van der Waals surface area contributed by atoms with Gasteiger partial charge in [0.15, 0.2) is 0 Å². The van der Waals surface area contributed by atoms with Crippen LogP contribution in [0.3, 0.4) is 0 Å². The van der Waals surface area contributed by atoms with Crippen LogP contribution >= 0.6 is 0 Å². The van der Waals surface area contributed by atoms with E-state index < -0.39 is 0 Å². The van der Waals surface area contributed by atoms with Crippen LogP contribution in [-0.4, -0.2) is 4.98 Å². The van der Waals surface area contributed by atoms with Crippen LogP contribution in [0, 0.1) is 0 Å². The number of nitrogens with one attached hydrogen (secondary N) is 1. The van der Waals surface area contributed by atoms with Crippen molar-refractivity contribution in [3.63, 3.8) is 0 Å². The highest BCUT2D eigenvalue weighted by Gasteiger charge is 2.12. The number of hydrogen-bond acceptors (Lipinski definition) is 2. The minimum Gasteiger partial charge on any atom is -0.302 e. The SMILES string of the molecule is c1ccc(C(NCc2ccncc2)c2ccccc2)cc1. The van der Waals surface area contributed by atoms with Gasteiger partial charge in [-0.3, -0.25) is 4.98 Å². The number of rotatable bonds is 5. The third-order valence-electron chi connectivity index (χ3n) is 3.53. The number of pyridine rings is 1. The van der Waals surface area contributed by atoms with Crippen LogP contribution in [0.4, 0.5) is 0 Å². The van der Waals surface area contributed by atoms with Gasteiger partial charge in [-0.2, -0.15) is 0 Å². The maximum Gasteiger partial charge on any atom is 0.0579 e. The molecule has 2 nitrogen and oxygen atoms in total. The van der Waals surface area contributed by atoms with Crippen LogP contribution in [0.1, 0.15) is 22.7 Å². The van der Waals surface area contributed by atoms with Gasteiger partial charge in [-0.05, 0) is 28.8 Å². The van der Waals surface area contributed by atoms with E-state index in [9.17, 15) is 0 Å². The molecule has 1 aromatic heterocycles. The first kappa shape index (κ1) is 13.5. The standard InChI is InChI=1S/C19H18N2/c1-3-7-17(8-4-1)19(18-9-5-2-6-10-18)21-15-16-11-13-20-14-12-16/h1-14,19,21H,15H2. The average Bonchev–Trinajstić information content (AvgIpc) is 2.58. The number of aromatic nitrogens is 1. The van der Waals surface area contributed by atoms with Crippen molar-refractivity contribution in [3.05, 3.63) is 102 Å². The smallest absolute Gasteiger partial charge is 0.0579 e. The van der Waals surface area contributed by atoms with Crippen LogP contribution in [-0.2, 0) is 6.54 Å². The first-order valence-corrected chi connectivity index (χ1v) is 7.15. The fraction of sp³-hybridized carbons (Fsp3) is 0.105. The molecular weight excluding hydrogens is 256 g/mol. The highest BCUT2D eigenvalue weighted by atomic mass is 14.9. The van der Waals surface area contributed by atoms with Gasteiger partial charge in [0.05, 0.1) is 6.04 Å². The van der Waals surface area contributed by atoms with Gasteiger partial charge in [0.1, 0.15) is 0 Å². The molecule has 2 aromatic carbocycles. The van der Waals surface area contributed by atoms with Crippen molar-refractivity contribution >= 4 is 0 Å². The van der Waals surface area contributed by atoms with Gasteiger partial charge in [0.2, 0.25) is 0 Å². The van der Waals surface area contributed by atoms with Crippen molar-refractivity contribution < 1.29 is 0 Å². The Morgan fingerprint density at radius 3 is 1.76 bits per heavy atom. The number of benzene rings is 2. The van der Waals surface area contributed by atoms with Crippen LogP contribution in [0.25, 0.3) is 0 Å². The van der Waals surface area contributed by atoms with Crippen LogP contribution in [0.5, 0.6) is 0 Å². The van der Waals surface area contributed by atoms with E-state index in [-0.39, 0.29) is 6.04 Å². The largest absolute Gasteiger partial charge is 0.302 e. The minimum absolute atomic E-state index is 0.195. The van der Waals surface area contributed by atoms with Gasteiger partial charge in [-0.1, -0.05) is 60.7 Å². The Balaban J connectivity index is 1.83. The predicted molar refractivity (Wildman–Crippen MR) is 85.8 cm³/mol. The van der Waals surface area contributed by atoms with Crippen molar-refractivity contribution in [1.29, 1.82) is 0 Å². The molecule has 2 heteroatoms. The van der Waals surface area contributed by atoms with E-state index >= 15 is 0 Å². The summed E-state index contributed by atoms with van der Waals surface area (Å²) in [6.07, 6.45) is 3.66. The van der Waals surface area contributed by atoms with Crippen LogP contribution < -0.4 is 5.32 Å². The molecule has 104 valence electrons. The quantitative estimate of drug-likeness (QED) is 0.761. The molecule has 0 saturated carbocycles. The van der Waals surface area contributed by atoms with E-state index in [4.69, 9.17) is 0 Å². The van der Waals surface area contributed by atoms with Gasteiger partial charge in [-0.25, -0.2) is 0 Å². The molecule has 0 amide bonds. The number of hydrogen-bond donors (Lipinski definition) is 1. The summed E-state index contributed by atoms with van der Waals surface area (Å²) < 4.78 is 0. The zero-order valence-electron chi connectivity index (χ0n) is 11.8. The van der Waals surface area contributed by atoms with Crippen molar-refractivity contribution in [2.24, 2.45) is 0 Å². The highest BCUT2D eigenvalue weighted by molar-refractivity contribution is 5.31. The monoisotopic (exact) mass is 274 g/mol. The Bertz CT molecular complexity index is 611. The lowest BCUT2D eigenvalue weighted by atomic mass is 9.98. The van der Waals surface area contributed by atoms with Gasteiger partial charge < -0.3 is 5.32 Å². The molecule has 0 fully saturated rings. The van der Waals surface area contributed by atoms with E-state index in [1.807, 2.05) is 24.5 Å². The molecule has 1 heterocycles. The number of nitrogens with zero attached hydrogens (tertiary/aromatic N) is 1. The molecule has 0 spiro atoms. The molecule has 0 aliphatic heterocycles. The molecule has 0 atom stereocenters. The molecule has 21 heavy (non-hydrogen) atoms. The molecule has 0 aliphatic carbocycles. The third kappa shape index (κ3) is 3.56. The van der Waals surface area contributed by atoms with E-state index in [1.165, 1.54) is 16.7 Å². The lowest BCUT2D eigenvalue weighted by Crippen LogP contribution is -2.22. The van der Waals surface area contributed by atoms with Gasteiger partial charge in [-0.15, -0.1) is 0 Å². The summed E-state index contributed by atoms with van der Waals surface area (Å²) in [5.74, 6) is 0. The first-order chi connectivity index (χ1) is 10.4. The van der Waals surface area contributed by atoms with Crippen molar-refractivity contribution in [3.8, 4) is 0 Å². The summed E-state index contributed by atoms with van der Waals surface area (Å²) in [6, 6.07) is 25.4. The van der Waals surface area contributed by atoms with E-state index in [0.29, 0.717) is 0 Å². The molecule has 3 rings (SSSR count). The highest BCUT2D eigenvalue weighted by Crippen LogP contribution is 2.22. The Morgan fingerprint density at radius 1 is 0.714 bits per heavy atom. The van der Waals surface area contributed by atoms with E-state index in [0.717, 1.165) is 6.54 Å². The van der Waals surface area contributed by atoms with Crippen molar-refractivity contribution in [2.75, 3.05) is 0 Å². The Kier molecular flexibility index (Phi) is 4.39. The normalized spacial score (nSPS) is 10.7. The average molecular weight is 274 g/mol. The fourth-order valence-electron chi connectivity index (χ4n) is 2.44. The Morgan fingerprint density at radius 2 is 1.24 bits per heavy atom. The summed E-state index contributed by atoms with van der Waals surface area (Å²) >= 11 is 0. The van der Waals surface area contributed by atoms with E-state index in [2.05, 4.69) is 71.0 Å². The summed E-state index contributed by atoms with van der Waals surface area (Å²) in [5, 5.41) is 3.64. The maximum absolute atomic E-state index is 4.06. The molecule has 0 unspecified atom stereocenters. The molecule has 0 bridgehead atoms. The molecular formula is C19H18N2. The molecule has 0 aliphatic rings. The minimum atomic E-state index is 0.195. The van der Waals surface area contributed by atoms with Gasteiger partial charge >= 0.3 is 0 Å². The summed E-state index contributed by atoms with van der Waals surface area (Å²) in [6.45, 7) is 0.816. The van der Waals surface area contributed by atoms with Crippen LogP contribution in [0.15, 0.2) is 85.2 Å². The van der Waals surface area contributed by atoms with Crippen LogP contribution in [0.2, 0.25) is 0 Å². The summed E-state index contributed by atoms with van der Waals surface area (Å²) in [7, 11) is 0. The molecule has 3 aromatic rings. The van der Waals surface area contributed by atoms with Crippen molar-refractivity contribution in [1.82, 2.24) is 10.3 Å². The second-order valence-corrected chi connectivity index (χ2v) is 4.99. The third-order valence-corrected chi connectivity index (χ3v) is 3.53. The lowest BCUT2D eigenvalue weighted by Gasteiger charge is -2.20. The first-order valence-electron chi connectivity index (χ1n) is 7.15. The van der Waals surface area contributed by atoms with Crippen molar-refractivity contribution in [2.45, 2.75) is 12.6 Å². The predicted octanol–water partition coefficient (Wildman–Crippen LogP) is 3.96. The van der Waals surface area contributed by atoms with E-state index in [1.54, 1.807) is 0 Å². The molecule has 0 radical (unpaired) electrons. The fourth-order valence-corrected chi connectivity index (χ4v) is 2.44. The Hall–Kier alpha value is -2.45. The van der Waals surface area contributed by atoms with Gasteiger partial charge in [0.25, 0.3) is 0 Å². The second-order valence-electron chi connectivity index (χ2n) is 4.99. The summed E-state index contributed by atoms with van der Waals surface area (Å²) in [5.41, 5.74) is 3.79.